The van der Waals surface area contributed by atoms with Gasteiger partial charge in [-0.1, -0.05) is 26.7 Å². The highest BCUT2D eigenvalue weighted by Gasteiger charge is 2.43. The van der Waals surface area contributed by atoms with E-state index in [4.69, 9.17) is 21.1 Å². The second kappa shape index (κ2) is 8.99. The third-order valence-corrected chi connectivity index (χ3v) is 4.78. The van der Waals surface area contributed by atoms with Gasteiger partial charge < -0.3 is 19.7 Å². The molecule has 1 fully saturated rings. The number of ether oxygens (including phenoxy) is 2. The van der Waals surface area contributed by atoms with Gasteiger partial charge >= 0.3 is 6.09 Å². The molecule has 11 heteroatoms. The first-order chi connectivity index (χ1) is 13.5. The summed E-state index contributed by atoms with van der Waals surface area (Å²) in [5.74, 6) is 0.0920. The Labute approximate surface area is 166 Å². The maximum atomic E-state index is 12.0. The lowest BCUT2D eigenvalue weighted by Crippen LogP contribution is -2.31. The lowest BCUT2D eigenvalue weighted by Gasteiger charge is -2.16. The van der Waals surface area contributed by atoms with Crippen LogP contribution >= 0.6 is 11.6 Å². The van der Waals surface area contributed by atoms with E-state index in [1.807, 2.05) is 6.92 Å². The van der Waals surface area contributed by atoms with Crippen LogP contribution in [0.1, 0.15) is 45.8 Å². The van der Waals surface area contributed by atoms with E-state index in [-0.39, 0.29) is 22.3 Å². The fourth-order valence-electron chi connectivity index (χ4n) is 3.11. The minimum atomic E-state index is -1.16. The number of aliphatic hydroxyl groups excluding tert-OH is 2. The minimum Gasteiger partial charge on any atom is -0.449 e. The molecule has 4 unspecified atom stereocenters. The van der Waals surface area contributed by atoms with E-state index in [0.29, 0.717) is 13.0 Å². The van der Waals surface area contributed by atoms with E-state index in [2.05, 4.69) is 27.2 Å². The van der Waals surface area contributed by atoms with Crippen molar-refractivity contribution in [1.82, 2.24) is 19.5 Å². The van der Waals surface area contributed by atoms with Crippen molar-refractivity contribution < 1.29 is 24.5 Å². The summed E-state index contributed by atoms with van der Waals surface area (Å²) in [5, 5.41) is 22.8. The van der Waals surface area contributed by atoms with Crippen LogP contribution in [0.3, 0.4) is 0 Å². The molecule has 0 bridgehead atoms. The molecule has 0 aromatic carbocycles. The molecular weight excluding hydrogens is 390 g/mol. The number of carbonyl (C=O) groups is 1. The molecule has 1 aliphatic heterocycles. The fraction of sp³-hybridized carbons (Fsp3) is 0.647. The third kappa shape index (κ3) is 4.19. The van der Waals surface area contributed by atoms with Gasteiger partial charge in [-0.2, -0.15) is 9.97 Å². The number of aromatic nitrogens is 4. The number of hydrogen-bond donors (Lipinski definition) is 3. The molecule has 1 aliphatic rings. The molecule has 2 aromatic heterocycles. The van der Waals surface area contributed by atoms with Crippen LogP contribution in [0.4, 0.5) is 10.6 Å². The monoisotopic (exact) mass is 413 g/mol. The summed E-state index contributed by atoms with van der Waals surface area (Å²) in [5.41, 5.74) is 0.523. The van der Waals surface area contributed by atoms with E-state index >= 15 is 0 Å². The Morgan fingerprint density at radius 2 is 2.11 bits per heavy atom. The molecule has 10 nitrogen and oxygen atoms in total. The molecule has 0 spiro atoms. The number of anilines is 1. The summed E-state index contributed by atoms with van der Waals surface area (Å²) in [6.45, 7) is 4.21. The van der Waals surface area contributed by atoms with Crippen LogP contribution in [0.2, 0.25) is 5.28 Å². The highest BCUT2D eigenvalue weighted by molar-refractivity contribution is 6.28. The van der Waals surface area contributed by atoms with Gasteiger partial charge in [0.25, 0.3) is 0 Å². The molecule has 0 aliphatic carbocycles. The molecule has 28 heavy (non-hydrogen) atoms. The van der Waals surface area contributed by atoms with Crippen molar-refractivity contribution >= 4 is 34.7 Å². The molecule has 2 aromatic rings. The number of amides is 1. The van der Waals surface area contributed by atoms with Crippen LogP contribution in [-0.2, 0) is 9.47 Å². The Kier molecular flexibility index (Phi) is 6.65. The number of halogens is 1. The Bertz CT molecular complexity index is 832. The van der Waals surface area contributed by atoms with Gasteiger partial charge in [-0.3, -0.25) is 9.88 Å². The summed E-state index contributed by atoms with van der Waals surface area (Å²) >= 11 is 6.00. The first-order valence-corrected chi connectivity index (χ1v) is 9.69. The largest absolute Gasteiger partial charge is 0.449 e. The van der Waals surface area contributed by atoms with Crippen LogP contribution in [0.5, 0.6) is 0 Å². The van der Waals surface area contributed by atoms with Gasteiger partial charge in [0.2, 0.25) is 5.28 Å². The van der Waals surface area contributed by atoms with E-state index < -0.39 is 30.6 Å². The number of nitrogens with one attached hydrogen (secondary N) is 1. The maximum absolute atomic E-state index is 12.0. The first kappa shape index (κ1) is 20.7. The molecule has 1 saturated heterocycles. The van der Waals surface area contributed by atoms with Crippen LogP contribution in [0.25, 0.3) is 11.2 Å². The molecule has 1 amide bonds. The van der Waals surface area contributed by atoms with Crippen molar-refractivity contribution in [2.75, 3.05) is 11.9 Å². The quantitative estimate of drug-likeness (QED) is 0.465. The van der Waals surface area contributed by atoms with Crippen molar-refractivity contribution in [1.29, 1.82) is 0 Å². The fourth-order valence-corrected chi connectivity index (χ4v) is 3.27. The number of aliphatic hydroxyl groups is 2. The highest BCUT2D eigenvalue weighted by Crippen LogP contribution is 2.33. The maximum Gasteiger partial charge on any atom is 0.412 e. The van der Waals surface area contributed by atoms with Gasteiger partial charge in [0.1, 0.15) is 12.2 Å². The first-order valence-electron chi connectivity index (χ1n) is 9.31. The molecule has 4 atom stereocenters. The lowest BCUT2D eigenvalue weighted by molar-refractivity contribution is -0.0355. The molecule has 3 heterocycles. The van der Waals surface area contributed by atoms with Gasteiger partial charge in [0.05, 0.1) is 19.0 Å². The average Bonchev–Trinajstić information content (AvgIpc) is 3.20. The predicted molar refractivity (Wildman–Crippen MR) is 101 cm³/mol. The Morgan fingerprint density at radius 3 is 2.79 bits per heavy atom. The normalized spacial score (nSPS) is 24.6. The topological polar surface area (TPSA) is 132 Å². The molecule has 3 N–H and O–H groups in total. The number of rotatable bonds is 7. The van der Waals surface area contributed by atoms with Gasteiger partial charge in [-0.05, 0) is 24.4 Å². The summed E-state index contributed by atoms with van der Waals surface area (Å²) in [6, 6.07) is 0. The smallest absolute Gasteiger partial charge is 0.412 e. The van der Waals surface area contributed by atoms with E-state index in [0.717, 1.165) is 19.3 Å². The van der Waals surface area contributed by atoms with Gasteiger partial charge in [0.15, 0.2) is 23.2 Å². The second-order valence-corrected chi connectivity index (χ2v) is 6.93. The highest BCUT2D eigenvalue weighted by atomic mass is 35.5. The van der Waals surface area contributed by atoms with Crippen LogP contribution < -0.4 is 5.32 Å². The zero-order valence-corrected chi connectivity index (χ0v) is 16.5. The van der Waals surface area contributed by atoms with E-state index in [9.17, 15) is 15.0 Å². The van der Waals surface area contributed by atoms with Gasteiger partial charge in [-0.25, -0.2) is 9.78 Å². The zero-order chi connectivity index (χ0) is 20.3. The van der Waals surface area contributed by atoms with Crippen LogP contribution in [0.15, 0.2) is 6.33 Å². The standard InChI is InChI=1S/C17H24ClN5O5/c1-3-5-6-7-27-17(26)21-13-10-14(22-16(18)20-13)23(8-19-10)15-12(25)11(24)9(4-2)28-15/h8-9,11-12,15,24-25H,3-7H2,1-2H3,(H,20,21,22,26). The number of carbonyl (C=O) groups excluding carboxylic acids is 1. The predicted octanol–water partition coefficient (Wildman–Crippen LogP) is 2.25. The summed E-state index contributed by atoms with van der Waals surface area (Å²) in [7, 11) is 0. The van der Waals surface area contributed by atoms with Gasteiger partial charge in [-0.15, -0.1) is 0 Å². The summed E-state index contributed by atoms with van der Waals surface area (Å²) in [4.78, 5) is 24.4. The van der Waals surface area contributed by atoms with Crippen LogP contribution in [0, 0.1) is 0 Å². The summed E-state index contributed by atoms with van der Waals surface area (Å²) in [6.07, 6.45) is 0.450. The van der Waals surface area contributed by atoms with Crippen LogP contribution in [-0.4, -0.2) is 60.7 Å². The Hall–Kier alpha value is -2.01. The number of fused-ring (bicyclic) bond motifs is 1. The number of imidazole rings is 1. The van der Waals surface area contributed by atoms with Crippen molar-refractivity contribution in [3.05, 3.63) is 11.6 Å². The zero-order valence-electron chi connectivity index (χ0n) is 15.7. The second-order valence-electron chi connectivity index (χ2n) is 6.59. The minimum absolute atomic E-state index is 0.0920. The SMILES string of the molecule is CCCCCOC(=O)Nc1nc(Cl)nc2c1ncn2C1OC(CC)C(O)C1O. The van der Waals surface area contributed by atoms with Crippen molar-refractivity contribution in [2.45, 2.75) is 64.1 Å². The molecule has 0 radical (unpaired) electrons. The van der Waals surface area contributed by atoms with Gasteiger partial charge in [0, 0.05) is 0 Å². The number of nitrogens with zero attached hydrogens (tertiary/aromatic N) is 4. The Morgan fingerprint density at radius 1 is 1.32 bits per heavy atom. The van der Waals surface area contributed by atoms with Crippen molar-refractivity contribution in [2.24, 2.45) is 0 Å². The molecule has 3 rings (SSSR count). The molecule has 0 saturated carbocycles. The molecular formula is C17H24ClN5O5. The van der Waals surface area contributed by atoms with E-state index in [1.54, 1.807) is 0 Å². The Balaban J connectivity index is 1.82. The number of hydrogen-bond acceptors (Lipinski definition) is 8. The van der Waals surface area contributed by atoms with Crippen molar-refractivity contribution in [3.63, 3.8) is 0 Å². The summed E-state index contributed by atoms with van der Waals surface area (Å²) < 4.78 is 12.3. The average molecular weight is 414 g/mol. The van der Waals surface area contributed by atoms with Crippen molar-refractivity contribution in [3.8, 4) is 0 Å². The third-order valence-electron chi connectivity index (χ3n) is 4.61. The number of unbranched alkanes of at least 4 members (excludes halogenated alkanes) is 2. The van der Waals surface area contributed by atoms with E-state index in [1.165, 1.54) is 10.9 Å². The molecule has 154 valence electrons. The lowest BCUT2D eigenvalue weighted by atomic mass is 10.1.